The molecule has 2 nitrogen and oxygen atoms in total. The normalized spacial score (nSPS) is 11.7. The van der Waals surface area contributed by atoms with Gasteiger partial charge in [-0.3, -0.25) is 4.79 Å². The molecule has 0 N–H and O–H groups in total. The van der Waals surface area contributed by atoms with Gasteiger partial charge in [0, 0.05) is 6.42 Å². The molecule has 0 bridgehead atoms. The first-order valence-corrected chi connectivity index (χ1v) is 12.7. The van der Waals surface area contributed by atoms with Gasteiger partial charge in [-0.1, -0.05) is 95.4 Å². The van der Waals surface area contributed by atoms with E-state index in [9.17, 15) is 4.79 Å². The Hall–Kier alpha value is -1.05. The molecule has 0 unspecified atom stereocenters. The summed E-state index contributed by atoms with van der Waals surface area (Å²) < 4.78 is 4.65. The van der Waals surface area contributed by atoms with Crippen LogP contribution in [0.25, 0.3) is 0 Å². The molecular weight excluding hydrogens is 356 g/mol. The molecule has 0 spiro atoms. The maximum atomic E-state index is 11.0. The first kappa shape index (κ1) is 27.9. The van der Waals surface area contributed by atoms with Crippen LogP contribution < -0.4 is 0 Å². The lowest BCUT2D eigenvalue weighted by molar-refractivity contribution is -0.140. The molecule has 0 radical (unpaired) electrons. The van der Waals surface area contributed by atoms with Crippen molar-refractivity contribution in [1.82, 2.24) is 0 Å². The van der Waals surface area contributed by atoms with Crippen molar-refractivity contribution in [2.75, 3.05) is 7.11 Å². The van der Waals surface area contributed by atoms with Crippen molar-refractivity contribution in [1.29, 1.82) is 0 Å². The number of rotatable bonds is 22. The summed E-state index contributed by atoms with van der Waals surface area (Å²) in [5.41, 5.74) is 0. The number of allylic oxidation sites excluding steroid dienone is 4. The van der Waals surface area contributed by atoms with Crippen LogP contribution >= 0.6 is 0 Å². The zero-order valence-corrected chi connectivity index (χ0v) is 19.8. The van der Waals surface area contributed by atoms with Crippen molar-refractivity contribution in [2.24, 2.45) is 0 Å². The minimum Gasteiger partial charge on any atom is -0.469 e. The molecular formula is C27H50O2. The molecule has 0 saturated carbocycles. The van der Waals surface area contributed by atoms with Gasteiger partial charge in [0.25, 0.3) is 0 Å². The molecule has 0 atom stereocenters. The lowest BCUT2D eigenvalue weighted by Crippen LogP contribution is -1.98. The first-order valence-electron chi connectivity index (χ1n) is 12.7. The van der Waals surface area contributed by atoms with Crippen molar-refractivity contribution in [3.05, 3.63) is 24.3 Å². The van der Waals surface area contributed by atoms with Crippen LogP contribution in [0.1, 0.15) is 135 Å². The minimum absolute atomic E-state index is 0.0760. The van der Waals surface area contributed by atoms with Crippen LogP contribution in [0.4, 0.5) is 0 Å². The fraction of sp³-hybridized carbons (Fsp3) is 0.815. The standard InChI is InChI=1S/C27H50O2/c1-3-4-5-6-7-8-9-10-11-12-13-14-15-16-17-18-19-20-21-22-23-24-25-26-27(28)29-2/h10-11,18-19H,3-9,12-17,20-26H2,1-2H3. The predicted molar refractivity (Wildman–Crippen MR) is 128 cm³/mol. The SMILES string of the molecule is CCCCCCCCC=CCCCCCCC=CCCCCCCCC(=O)OC. The van der Waals surface area contributed by atoms with E-state index in [4.69, 9.17) is 0 Å². The topological polar surface area (TPSA) is 26.3 Å². The second-order valence-electron chi connectivity index (χ2n) is 8.37. The maximum Gasteiger partial charge on any atom is 0.305 e. The van der Waals surface area contributed by atoms with Crippen LogP contribution in [0.5, 0.6) is 0 Å². The summed E-state index contributed by atoms with van der Waals surface area (Å²) in [6, 6.07) is 0. The number of carbonyl (C=O) groups excluding carboxylic acids is 1. The Morgan fingerprint density at radius 1 is 0.552 bits per heavy atom. The summed E-state index contributed by atoms with van der Waals surface area (Å²) in [6.45, 7) is 2.28. The Labute approximate surface area is 182 Å². The van der Waals surface area contributed by atoms with Gasteiger partial charge >= 0.3 is 5.97 Å². The van der Waals surface area contributed by atoms with Crippen molar-refractivity contribution in [3.8, 4) is 0 Å². The van der Waals surface area contributed by atoms with Crippen LogP contribution in [-0.4, -0.2) is 13.1 Å². The zero-order valence-electron chi connectivity index (χ0n) is 19.8. The third-order valence-electron chi connectivity index (χ3n) is 5.53. The fourth-order valence-corrected chi connectivity index (χ4v) is 3.56. The van der Waals surface area contributed by atoms with Crippen molar-refractivity contribution in [3.63, 3.8) is 0 Å². The largest absolute Gasteiger partial charge is 0.469 e. The molecule has 0 aliphatic heterocycles. The molecule has 0 aromatic rings. The summed E-state index contributed by atoms with van der Waals surface area (Å²) in [7, 11) is 1.46. The summed E-state index contributed by atoms with van der Waals surface area (Å²) in [5.74, 6) is -0.0760. The van der Waals surface area contributed by atoms with E-state index in [1.54, 1.807) is 0 Å². The maximum absolute atomic E-state index is 11.0. The van der Waals surface area contributed by atoms with Gasteiger partial charge in [0.05, 0.1) is 7.11 Å². The highest BCUT2D eigenvalue weighted by atomic mass is 16.5. The van der Waals surface area contributed by atoms with Gasteiger partial charge in [0.15, 0.2) is 0 Å². The van der Waals surface area contributed by atoms with E-state index in [1.165, 1.54) is 116 Å². The Morgan fingerprint density at radius 3 is 1.28 bits per heavy atom. The lowest BCUT2D eigenvalue weighted by Gasteiger charge is -2.00. The van der Waals surface area contributed by atoms with Crippen LogP contribution in [0, 0.1) is 0 Å². The third-order valence-corrected chi connectivity index (χ3v) is 5.53. The van der Waals surface area contributed by atoms with E-state index in [-0.39, 0.29) is 5.97 Å². The molecule has 170 valence electrons. The van der Waals surface area contributed by atoms with E-state index < -0.39 is 0 Å². The van der Waals surface area contributed by atoms with E-state index in [1.807, 2.05) is 0 Å². The van der Waals surface area contributed by atoms with Crippen molar-refractivity contribution in [2.45, 2.75) is 135 Å². The van der Waals surface area contributed by atoms with Crippen LogP contribution in [0.2, 0.25) is 0 Å². The van der Waals surface area contributed by atoms with Crippen LogP contribution in [0.3, 0.4) is 0 Å². The monoisotopic (exact) mass is 406 g/mol. The molecule has 0 aromatic carbocycles. The highest BCUT2D eigenvalue weighted by molar-refractivity contribution is 5.68. The van der Waals surface area contributed by atoms with Crippen LogP contribution in [-0.2, 0) is 9.53 Å². The Kier molecular flexibility index (Phi) is 24.1. The fourth-order valence-electron chi connectivity index (χ4n) is 3.56. The summed E-state index contributed by atoms with van der Waals surface area (Å²) in [4.78, 5) is 11.0. The van der Waals surface area contributed by atoms with Gasteiger partial charge in [0.1, 0.15) is 0 Å². The highest BCUT2D eigenvalue weighted by Gasteiger charge is 1.98. The Balaban J connectivity index is 3.17. The minimum atomic E-state index is -0.0760. The average molecular weight is 407 g/mol. The van der Waals surface area contributed by atoms with E-state index in [0.717, 1.165) is 12.8 Å². The third kappa shape index (κ3) is 24.9. The van der Waals surface area contributed by atoms with E-state index >= 15 is 0 Å². The second kappa shape index (κ2) is 25.0. The second-order valence-corrected chi connectivity index (χ2v) is 8.37. The number of ether oxygens (including phenoxy) is 1. The molecule has 0 heterocycles. The molecule has 0 aliphatic rings. The van der Waals surface area contributed by atoms with E-state index in [0.29, 0.717) is 6.42 Å². The quantitative estimate of drug-likeness (QED) is 0.102. The summed E-state index contributed by atoms with van der Waals surface area (Å²) in [5, 5.41) is 0. The molecule has 0 rings (SSSR count). The lowest BCUT2D eigenvalue weighted by atomic mass is 10.1. The number of hydrogen-bond acceptors (Lipinski definition) is 2. The molecule has 0 aromatic heterocycles. The Bertz CT molecular complexity index is 384. The number of unbranched alkanes of at least 4 members (excludes halogenated alkanes) is 16. The molecule has 0 saturated heterocycles. The number of methoxy groups -OCH3 is 1. The summed E-state index contributed by atoms with van der Waals surface area (Å²) in [6.07, 6.45) is 34.9. The predicted octanol–water partition coefficient (Wildman–Crippen LogP) is 9.09. The zero-order chi connectivity index (χ0) is 21.3. The van der Waals surface area contributed by atoms with Gasteiger partial charge in [-0.15, -0.1) is 0 Å². The van der Waals surface area contributed by atoms with Gasteiger partial charge in [0.2, 0.25) is 0 Å². The average Bonchev–Trinajstić information content (AvgIpc) is 2.74. The smallest absolute Gasteiger partial charge is 0.305 e. The molecule has 29 heavy (non-hydrogen) atoms. The molecule has 0 fully saturated rings. The van der Waals surface area contributed by atoms with Gasteiger partial charge in [-0.25, -0.2) is 0 Å². The Morgan fingerprint density at radius 2 is 0.897 bits per heavy atom. The molecule has 0 amide bonds. The van der Waals surface area contributed by atoms with Crippen molar-refractivity contribution >= 4 is 5.97 Å². The van der Waals surface area contributed by atoms with Gasteiger partial charge in [-0.2, -0.15) is 0 Å². The molecule has 2 heteroatoms. The number of hydrogen-bond donors (Lipinski definition) is 0. The number of carbonyl (C=O) groups is 1. The number of esters is 1. The van der Waals surface area contributed by atoms with E-state index in [2.05, 4.69) is 36.0 Å². The van der Waals surface area contributed by atoms with Gasteiger partial charge < -0.3 is 4.74 Å². The van der Waals surface area contributed by atoms with Crippen molar-refractivity contribution < 1.29 is 9.53 Å². The highest BCUT2D eigenvalue weighted by Crippen LogP contribution is 2.11. The summed E-state index contributed by atoms with van der Waals surface area (Å²) >= 11 is 0. The van der Waals surface area contributed by atoms with Gasteiger partial charge in [-0.05, 0) is 57.8 Å². The molecule has 0 aliphatic carbocycles. The van der Waals surface area contributed by atoms with Crippen LogP contribution in [0.15, 0.2) is 24.3 Å². The first-order chi connectivity index (χ1) is 14.3.